The molecule has 3 amide bonds. The molecule has 0 unspecified atom stereocenters. The lowest BCUT2D eigenvalue weighted by molar-refractivity contribution is -0.128. The number of nitrogens with one attached hydrogen (secondary N) is 2. The number of carbonyl (C=O) groups is 3. The fourth-order valence-electron chi connectivity index (χ4n) is 3.28. The molecule has 30 heavy (non-hydrogen) atoms. The summed E-state index contributed by atoms with van der Waals surface area (Å²) in [5, 5.41) is 5.43. The van der Waals surface area contributed by atoms with E-state index in [0.29, 0.717) is 19.5 Å². The Hall–Kier alpha value is -2.93. The third-order valence-corrected chi connectivity index (χ3v) is 5.15. The minimum Gasteiger partial charge on any atom is -0.352 e. The number of hydrogen-bond donors (Lipinski definition) is 2. The molecule has 0 aliphatic carbocycles. The van der Waals surface area contributed by atoms with Crippen molar-refractivity contribution >= 4 is 29.3 Å². The zero-order valence-electron chi connectivity index (χ0n) is 16.4. The molecule has 1 aliphatic rings. The maximum atomic E-state index is 13.1. The van der Waals surface area contributed by atoms with E-state index < -0.39 is 11.7 Å². The lowest BCUT2D eigenvalue weighted by Gasteiger charge is -2.16. The van der Waals surface area contributed by atoms with Gasteiger partial charge < -0.3 is 15.5 Å². The fraction of sp³-hybridized carbons (Fsp3) is 0.318. The van der Waals surface area contributed by atoms with Gasteiger partial charge in [-0.15, -0.1) is 0 Å². The highest BCUT2D eigenvalue weighted by Crippen LogP contribution is 2.17. The smallest absolute Gasteiger partial charge is 0.252 e. The van der Waals surface area contributed by atoms with E-state index in [1.807, 2.05) is 29.2 Å². The first-order valence-electron chi connectivity index (χ1n) is 9.78. The number of rotatable bonds is 8. The summed E-state index contributed by atoms with van der Waals surface area (Å²) < 4.78 is 13.1. The molecule has 158 valence electrons. The van der Waals surface area contributed by atoms with E-state index in [4.69, 9.17) is 11.6 Å². The lowest BCUT2D eigenvalue weighted by Crippen LogP contribution is -2.30. The Morgan fingerprint density at radius 2 is 1.90 bits per heavy atom. The van der Waals surface area contributed by atoms with Crippen LogP contribution >= 0.6 is 11.6 Å². The van der Waals surface area contributed by atoms with Gasteiger partial charge in [-0.25, -0.2) is 4.39 Å². The van der Waals surface area contributed by atoms with Gasteiger partial charge in [-0.3, -0.25) is 14.4 Å². The number of nitrogens with zero attached hydrogens (tertiary/aromatic N) is 1. The van der Waals surface area contributed by atoms with Crippen molar-refractivity contribution < 1.29 is 18.8 Å². The van der Waals surface area contributed by atoms with E-state index in [-0.39, 0.29) is 35.4 Å². The van der Waals surface area contributed by atoms with Gasteiger partial charge in [0, 0.05) is 39.0 Å². The first-order chi connectivity index (χ1) is 14.4. The van der Waals surface area contributed by atoms with Gasteiger partial charge in [0.05, 0.1) is 10.6 Å². The first kappa shape index (κ1) is 21.8. The molecule has 0 aromatic heterocycles. The molecule has 3 rings (SSSR count). The zero-order valence-corrected chi connectivity index (χ0v) is 17.2. The van der Waals surface area contributed by atoms with Crippen LogP contribution in [0.3, 0.4) is 0 Å². The molecule has 2 N–H and O–H groups in total. The number of carbonyl (C=O) groups excluding carboxylic acids is 3. The number of halogens is 2. The van der Waals surface area contributed by atoms with E-state index in [2.05, 4.69) is 10.6 Å². The third-order valence-electron chi connectivity index (χ3n) is 4.84. The SMILES string of the molecule is O=C(CCNC(=O)c1ccc(F)cc1Cl)NCc1cccc(CN2CCCC2=O)c1. The van der Waals surface area contributed by atoms with E-state index >= 15 is 0 Å². The molecule has 8 heteroatoms. The van der Waals surface area contributed by atoms with Crippen LogP contribution < -0.4 is 10.6 Å². The summed E-state index contributed by atoms with van der Waals surface area (Å²) in [6.45, 7) is 1.86. The quantitative estimate of drug-likeness (QED) is 0.674. The topological polar surface area (TPSA) is 78.5 Å². The van der Waals surface area contributed by atoms with Crippen molar-refractivity contribution in [2.24, 2.45) is 0 Å². The molecule has 0 spiro atoms. The summed E-state index contributed by atoms with van der Waals surface area (Å²) >= 11 is 5.86. The molecule has 0 atom stereocenters. The third kappa shape index (κ3) is 6.03. The molecule has 2 aromatic carbocycles. The van der Waals surface area contributed by atoms with Gasteiger partial charge in [0.1, 0.15) is 5.82 Å². The van der Waals surface area contributed by atoms with Crippen LogP contribution in [0.1, 0.15) is 40.7 Å². The van der Waals surface area contributed by atoms with Crippen molar-refractivity contribution in [1.29, 1.82) is 0 Å². The Morgan fingerprint density at radius 1 is 1.10 bits per heavy atom. The van der Waals surface area contributed by atoms with Crippen LogP contribution in [-0.4, -0.2) is 35.7 Å². The van der Waals surface area contributed by atoms with Crippen LogP contribution in [0.2, 0.25) is 5.02 Å². The fourth-order valence-corrected chi connectivity index (χ4v) is 3.53. The molecule has 0 radical (unpaired) electrons. The Balaban J connectivity index is 1.42. The van der Waals surface area contributed by atoms with Crippen molar-refractivity contribution in [2.45, 2.75) is 32.4 Å². The Labute approximate surface area is 179 Å². The van der Waals surface area contributed by atoms with Crippen LogP contribution in [0.25, 0.3) is 0 Å². The van der Waals surface area contributed by atoms with E-state index in [9.17, 15) is 18.8 Å². The first-order valence-corrected chi connectivity index (χ1v) is 10.2. The highest BCUT2D eigenvalue weighted by molar-refractivity contribution is 6.33. The van der Waals surface area contributed by atoms with Crippen LogP contribution in [0, 0.1) is 5.82 Å². The minimum absolute atomic E-state index is 0.0208. The predicted molar refractivity (Wildman–Crippen MR) is 111 cm³/mol. The standard InChI is InChI=1S/C22H23ClFN3O3/c23-19-12-17(24)6-7-18(19)22(30)25-9-8-20(28)26-13-15-3-1-4-16(11-15)14-27-10-2-5-21(27)29/h1,3-4,6-7,11-12H,2,5,8-10,13-14H2,(H,25,30)(H,26,28). The molecule has 0 saturated carbocycles. The maximum absolute atomic E-state index is 13.1. The molecule has 1 heterocycles. The normalized spacial score (nSPS) is 13.4. The zero-order chi connectivity index (χ0) is 21.5. The van der Waals surface area contributed by atoms with Gasteiger partial charge in [0.25, 0.3) is 5.91 Å². The van der Waals surface area contributed by atoms with Crippen molar-refractivity contribution in [1.82, 2.24) is 15.5 Å². The molecular weight excluding hydrogens is 409 g/mol. The van der Waals surface area contributed by atoms with Crippen molar-refractivity contribution in [3.05, 3.63) is 70.0 Å². The summed E-state index contributed by atoms with van der Waals surface area (Å²) in [5.41, 5.74) is 2.13. The number of amides is 3. The van der Waals surface area contributed by atoms with Crippen molar-refractivity contribution in [2.75, 3.05) is 13.1 Å². The largest absolute Gasteiger partial charge is 0.352 e. The van der Waals surface area contributed by atoms with Crippen molar-refractivity contribution in [3.63, 3.8) is 0 Å². The summed E-state index contributed by atoms with van der Waals surface area (Å²) in [7, 11) is 0. The molecule has 1 fully saturated rings. The van der Waals surface area contributed by atoms with Crippen LogP contribution in [-0.2, 0) is 22.7 Å². The van der Waals surface area contributed by atoms with Gasteiger partial charge in [-0.05, 0) is 35.7 Å². The maximum Gasteiger partial charge on any atom is 0.252 e. The number of likely N-dealkylation sites (tertiary alicyclic amines) is 1. The molecule has 6 nitrogen and oxygen atoms in total. The van der Waals surface area contributed by atoms with Gasteiger partial charge in [-0.1, -0.05) is 35.9 Å². The van der Waals surface area contributed by atoms with Gasteiger partial charge in [-0.2, -0.15) is 0 Å². The molecule has 1 aliphatic heterocycles. The van der Waals surface area contributed by atoms with Gasteiger partial charge in [0.15, 0.2) is 0 Å². The second-order valence-electron chi connectivity index (χ2n) is 7.15. The highest BCUT2D eigenvalue weighted by atomic mass is 35.5. The molecule has 2 aromatic rings. The Morgan fingerprint density at radius 3 is 2.63 bits per heavy atom. The number of benzene rings is 2. The van der Waals surface area contributed by atoms with E-state index in [0.717, 1.165) is 36.2 Å². The summed E-state index contributed by atoms with van der Waals surface area (Å²) in [4.78, 5) is 37.7. The second kappa shape index (κ2) is 10.2. The average molecular weight is 432 g/mol. The summed E-state index contributed by atoms with van der Waals surface area (Å²) in [6.07, 6.45) is 1.62. The monoisotopic (exact) mass is 431 g/mol. The van der Waals surface area contributed by atoms with Crippen molar-refractivity contribution in [3.8, 4) is 0 Å². The van der Waals surface area contributed by atoms with Crippen LogP contribution in [0.4, 0.5) is 4.39 Å². The predicted octanol–water partition coefficient (Wildman–Crippen LogP) is 3.04. The van der Waals surface area contributed by atoms with E-state index in [1.54, 1.807) is 0 Å². The van der Waals surface area contributed by atoms with Gasteiger partial charge in [0.2, 0.25) is 11.8 Å². The summed E-state index contributed by atoms with van der Waals surface area (Å²) in [6, 6.07) is 11.3. The number of hydrogen-bond acceptors (Lipinski definition) is 3. The molecular formula is C22H23ClFN3O3. The average Bonchev–Trinajstić information content (AvgIpc) is 3.11. The summed E-state index contributed by atoms with van der Waals surface area (Å²) in [5.74, 6) is -1.01. The lowest BCUT2D eigenvalue weighted by atomic mass is 10.1. The highest BCUT2D eigenvalue weighted by Gasteiger charge is 2.20. The minimum atomic E-state index is -0.521. The Bertz CT molecular complexity index is 951. The van der Waals surface area contributed by atoms with Crippen LogP contribution in [0.15, 0.2) is 42.5 Å². The van der Waals surface area contributed by atoms with E-state index in [1.165, 1.54) is 6.07 Å². The molecule has 1 saturated heterocycles. The molecule has 0 bridgehead atoms. The Kier molecular flexibility index (Phi) is 7.41. The van der Waals surface area contributed by atoms with Crippen LogP contribution in [0.5, 0.6) is 0 Å². The van der Waals surface area contributed by atoms with Gasteiger partial charge >= 0.3 is 0 Å². The second-order valence-corrected chi connectivity index (χ2v) is 7.55.